The van der Waals surface area contributed by atoms with Gasteiger partial charge in [0.25, 0.3) is 0 Å². The van der Waals surface area contributed by atoms with Crippen LogP contribution in [-0.4, -0.2) is 69.1 Å². The van der Waals surface area contributed by atoms with Crippen LogP contribution in [0.3, 0.4) is 0 Å². The van der Waals surface area contributed by atoms with E-state index in [1.807, 2.05) is 6.92 Å². The number of aliphatic imine (C=N–C) groups is 1. The highest BCUT2D eigenvalue weighted by atomic mass is 32.2. The van der Waals surface area contributed by atoms with Crippen molar-refractivity contribution in [3.05, 3.63) is 47.8 Å². The number of imidazole rings is 1. The summed E-state index contributed by atoms with van der Waals surface area (Å²) in [6, 6.07) is 4.71. The minimum atomic E-state index is -3.85. The molecule has 3 N–H and O–H groups in total. The molecule has 0 amide bonds. The Hall–Kier alpha value is -4.15. The van der Waals surface area contributed by atoms with E-state index in [-0.39, 0.29) is 52.2 Å². The molecule has 3 aromatic rings. The number of phenolic OH excluding ortho intramolecular Hbond substituents is 1. The zero-order valence-electron chi connectivity index (χ0n) is 20.7. The summed E-state index contributed by atoms with van der Waals surface area (Å²) in [4.78, 5) is 17.7. The lowest BCUT2D eigenvalue weighted by Gasteiger charge is -2.17. The summed E-state index contributed by atoms with van der Waals surface area (Å²) in [5.74, 6) is 0.227. The van der Waals surface area contributed by atoms with Crippen LogP contribution in [0.4, 0.5) is 5.82 Å². The number of nitrogens with one attached hydrogen (secondary N) is 1. The number of para-hydroxylation sites is 1. The van der Waals surface area contributed by atoms with Gasteiger partial charge in [0.05, 0.1) is 37.3 Å². The number of fused-ring (bicyclic) bond motifs is 1. The number of aromatic hydroxyl groups is 1. The highest BCUT2D eigenvalue weighted by molar-refractivity contribution is 7.92. The number of ether oxygens (including phenoxy) is 2. The maximum atomic E-state index is 12.6. The Morgan fingerprint density at radius 3 is 2.73 bits per heavy atom. The molecule has 0 atom stereocenters. The summed E-state index contributed by atoms with van der Waals surface area (Å²) in [6.07, 6.45) is 2.77. The van der Waals surface area contributed by atoms with Gasteiger partial charge in [0.2, 0.25) is 15.9 Å². The lowest BCUT2D eigenvalue weighted by atomic mass is 10.1. The van der Waals surface area contributed by atoms with E-state index in [1.165, 1.54) is 43.9 Å². The van der Waals surface area contributed by atoms with Crippen molar-refractivity contribution in [1.82, 2.24) is 19.5 Å². The monoisotopic (exact) mass is 526 g/mol. The molecule has 13 heteroatoms. The van der Waals surface area contributed by atoms with Crippen LogP contribution in [-0.2, 0) is 14.8 Å². The smallest absolute Gasteiger partial charge is 0.234 e. The highest BCUT2D eigenvalue weighted by Gasteiger charge is 2.25. The number of phenols is 1. The lowest BCUT2D eigenvalue weighted by Crippen LogP contribution is -2.26. The number of rotatable bonds is 9. The van der Waals surface area contributed by atoms with E-state index >= 15 is 0 Å². The third-order valence-corrected chi connectivity index (χ3v) is 6.41. The van der Waals surface area contributed by atoms with Crippen LogP contribution in [0.25, 0.3) is 22.7 Å². The summed E-state index contributed by atoms with van der Waals surface area (Å²) in [5.41, 5.74) is 5.25. The molecule has 4 rings (SSSR count). The number of aliphatic hydroxyl groups is 1. The van der Waals surface area contributed by atoms with Gasteiger partial charge in [-0.25, -0.2) is 28.4 Å². The van der Waals surface area contributed by atoms with Crippen LogP contribution in [0.5, 0.6) is 11.5 Å². The fourth-order valence-corrected chi connectivity index (χ4v) is 4.72. The number of anilines is 1. The maximum Gasteiger partial charge on any atom is 0.234 e. The molecular weight excluding hydrogens is 500 g/mol. The Kier molecular flexibility index (Phi) is 7.06. The molecule has 0 fully saturated rings. The van der Waals surface area contributed by atoms with Gasteiger partial charge < -0.3 is 19.7 Å². The number of sulfonamides is 1. The van der Waals surface area contributed by atoms with Gasteiger partial charge in [0, 0.05) is 0 Å². The zero-order valence-corrected chi connectivity index (χ0v) is 21.5. The molecule has 1 aromatic carbocycles. The molecule has 0 saturated heterocycles. The Balaban J connectivity index is 1.90. The molecule has 0 saturated carbocycles. The van der Waals surface area contributed by atoms with Crippen molar-refractivity contribution in [3.8, 4) is 17.2 Å². The second-order valence-corrected chi connectivity index (χ2v) is 10.5. The fourth-order valence-electron chi connectivity index (χ4n) is 3.43. The fraction of sp³-hybridized carbons (Fsp3) is 0.333. The standard InChI is InChI=1S/C24H26N6O6S/c1-5-36-19-11-6-8-15(26-19)22-28-21-23(30(22)20-16(31)9-7-10-17(20)35-4)27-18(14-25-21)29-37(33,34)13-12-24(2,3)32/h7,9-11,14,31-32H,5,12-13H2,1-4H3,(H,27,29). The van der Waals surface area contributed by atoms with Crippen LogP contribution in [0, 0.1) is 0 Å². The van der Waals surface area contributed by atoms with Gasteiger partial charge in [-0.3, -0.25) is 9.29 Å². The maximum absolute atomic E-state index is 12.6. The van der Waals surface area contributed by atoms with E-state index in [0.29, 0.717) is 18.3 Å². The van der Waals surface area contributed by atoms with Crippen LogP contribution < -0.4 is 9.46 Å². The topological polar surface area (TPSA) is 161 Å². The Morgan fingerprint density at radius 2 is 2.03 bits per heavy atom. The number of methoxy groups -OCH3 is 1. The number of hydrogen-bond acceptors (Lipinski definition) is 10. The quantitative estimate of drug-likeness (QED) is 0.356. The van der Waals surface area contributed by atoms with E-state index in [1.54, 1.807) is 12.1 Å². The van der Waals surface area contributed by atoms with Crippen LogP contribution >= 0.6 is 0 Å². The van der Waals surface area contributed by atoms with Crippen molar-refractivity contribution in [1.29, 1.82) is 0 Å². The van der Waals surface area contributed by atoms with E-state index in [4.69, 9.17) is 9.47 Å². The van der Waals surface area contributed by atoms with Gasteiger partial charge in [0.1, 0.15) is 17.2 Å². The molecule has 3 heterocycles. The molecule has 12 nitrogen and oxygen atoms in total. The molecule has 194 valence electrons. The summed E-state index contributed by atoms with van der Waals surface area (Å²) in [5, 5.41) is 20.7. The molecule has 0 bridgehead atoms. The molecule has 0 aliphatic carbocycles. The molecule has 0 radical (unpaired) electrons. The molecule has 0 spiro atoms. The summed E-state index contributed by atoms with van der Waals surface area (Å²) in [6.45, 7) is 5.25. The SMILES string of the molecule is CCOC1=NC(c2nc3ncc(NS(=O)(=O)CCC(C)(C)O)nc3n2-c2c(O)cccc2OC)=C=C=C1. The van der Waals surface area contributed by atoms with Crippen molar-refractivity contribution >= 4 is 38.7 Å². The molecular formula is C24H26N6O6S. The van der Waals surface area contributed by atoms with Crippen LogP contribution in [0.15, 0.2) is 46.9 Å². The summed E-state index contributed by atoms with van der Waals surface area (Å²) < 4.78 is 40.0. The third-order valence-electron chi connectivity index (χ3n) is 5.15. The third kappa shape index (κ3) is 5.82. The largest absolute Gasteiger partial charge is 0.506 e. The van der Waals surface area contributed by atoms with Crippen LogP contribution in [0.2, 0.25) is 0 Å². The molecule has 2 aromatic heterocycles. The molecule has 1 aliphatic rings. The van der Waals surface area contributed by atoms with Crippen molar-refractivity contribution in [2.75, 3.05) is 24.2 Å². The second-order valence-electron chi connectivity index (χ2n) is 8.63. The normalized spacial score (nSPS) is 13.4. The van der Waals surface area contributed by atoms with Gasteiger partial charge in [-0.05, 0) is 45.1 Å². The zero-order chi connectivity index (χ0) is 26.8. The number of hydrogen-bond donors (Lipinski definition) is 3. The molecule has 37 heavy (non-hydrogen) atoms. The van der Waals surface area contributed by atoms with Gasteiger partial charge in [0.15, 0.2) is 28.6 Å². The Labute approximate surface area is 213 Å². The minimum absolute atomic E-state index is 0.0172. The minimum Gasteiger partial charge on any atom is -0.506 e. The second kappa shape index (κ2) is 10.1. The van der Waals surface area contributed by atoms with Crippen molar-refractivity contribution in [2.45, 2.75) is 32.8 Å². The van der Waals surface area contributed by atoms with Crippen LogP contribution in [0.1, 0.15) is 33.0 Å². The van der Waals surface area contributed by atoms with E-state index in [0.717, 1.165) is 0 Å². The first-order chi connectivity index (χ1) is 17.5. The first-order valence-corrected chi connectivity index (χ1v) is 12.9. The van der Waals surface area contributed by atoms with Gasteiger partial charge in [-0.15, -0.1) is 0 Å². The first-order valence-electron chi connectivity index (χ1n) is 11.3. The Morgan fingerprint density at radius 1 is 1.24 bits per heavy atom. The van der Waals surface area contributed by atoms with Gasteiger partial charge in [-0.2, -0.15) is 0 Å². The van der Waals surface area contributed by atoms with E-state index in [9.17, 15) is 18.6 Å². The van der Waals surface area contributed by atoms with Gasteiger partial charge in [-0.1, -0.05) is 11.8 Å². The van der Waals surface area contributed by atoms with Crippen molar-refractivity contribution < 1.29 is 28.1 Å². The lowest BCUT2D eigenvalue weighted by molar-refractivity contribution is 0.0772. The van der Waals surface area contributed by atoms with E-state index in [2.05, 4.69) is 36.1 Å². The number of aromatic nitrogens is 4. The van der Waals surface area contributed by atoms with Crippen molar-refractivity contribution in [2.24, 2.45) is 4.99 Å². The predicted molar refractivity (Wildman–Crippen MR) is 137 cm³/mol. The highest BCUT2D eigenvalue weighted by Crippen LogP contribution is 2.36. The first kappa shape index (κ1) is 25.9. The average molecular weight is 527 g/mol. The molecule has 1 aliphatic heterocycles. The Bertz CT molecular complexity index is 1590. The predicted octanol–water partition coefficient (Wildman–Crippen LogP) is 2.53. The summed E-state index contributed by atoms with van der Waals surface area (Å²) in [7, 11) is -2.41. The van der Waals surface area contributed by atoms with E-state index < -0.39 is 15.6 Å². The molecule has 0 unspecified atom stereocenters. The number of benzene rings is 1. The van der Waals surface area contributed by atoms with Crippen molar-refractivity contribution in [3.63, 3.8) is 0 Å². The summed E-state index contributed by atoms with van der Waals surface area (Å²) >= 11 is 0. The van der Waals surface area contributed by atoms with Gasteiger partial charge >= 0.3 is 0 Å². The number of nitrogens with zero attached hydrogens (tertiary/aromatic N) is 5. The average Bonchev–Trinajstić information content (AvgIpc) is 3.21.